The van der Waals surface area contributed by atoms with Crippen LogP contribution in [0.15, 0.2) is 53.4 Å². The first-order valence-corrected chi connectivity index (χ1v) is 8.37. The van der Waals surface area contributed by atoms with Crippen molar-refractivity contribution in [1.29, 1.82) is 0 Å². The summed E-state index contributed by atoms with van der Waals surface area (Å²) in [5.74, 6) is 0. The fraction of sp³-hybridized carbons (Fsp3) is 0.200. The third-order valence-corrected chi connectivity index (χ3v) is 5.38. The number of rotatable bonds is 3. The van der Waals surface area contributed by atoms with Gasteiger partial charge in [-0.15, -0.1) is 0 Å². The average Bonchev–Trinajstić information content (AvgIpc) is 2.77. The van der Waals surface area contributed by atoms with Crippen LogP contribution in [-0.4, -0.2) is 26.5 Å². The number of para-hydroxylation sites is 1. The van der Waals surface area contributed by atoms with E-state index in [1.165, 1.54) is 22.5 Å². The lowest BCUT2D eigenvalue weighted by molar-refractivity contribution is -0.385. The van der Waals surface area contributed by atoms with E-state index in [4.69, 9.17) is 4.74 Å². The quantitative estimate of drug-likeness (QED) is 0.635. The molecule has 2 aromatic carbocycles. The van der Waals surface area contributed by atoms with Gasteiger partial charge in [0.15, 0.2) is 0 Å². The lowest BCUT2D eigenvalue weighted by Gasteiger charge is -2.23. The molecule has 0 spiro atoms. The SMILES string of the molecule is O=[N+]([O-])c1cccc(S(=O)(=O)N2CCOCc3ccccc32)c1. The summed E-state index contributed by atoms with van der Waals surface area (Å²) < 4.78 is 32.5. The van der Waals surface area contributed by atoms with Crippen molar-refractivity contribution in [2.24, 2.45) is 0 Å². The molecular formula is C15H14N2O5S. The normalized spacial score (nSPS) is 14.9. The Morgan fingerprint density at radius 2 is 1.91 bits per heavy atom. The van der Waals surface area contributed by atoms with Gasteiger partial charge in [-0.1, -0.05) is 24.3 Å². The molecule has 120 valence electrons. The van der Waals surface area contributed by atoms with Gasteiger partial charge in [-0.25, -0.2) is 8.42 Å². The molecule has 23 heavy (non-hydrogen) atoms. The molecule has 0 bridgehead atoms. The fourth-order valence-electron chi connectivity index (χ4n) is 2.46. The highest BCUT2D eigenvalue weighted by molar-refractivity contribution is 7.92. The van der Waals surface area contributed by atoms with Crippen molar-refractivity contribution < 1.29 is 18.1 Å². The van der Waals surface area contributed by atoms with Gasteiger partial charge < -0.3 is 4.74 Å². The van der Waals surface area contributed by atoms with Crippen molar-refractivity contribution in [2.75, 3.05) is 17.5 Å². The van der Waals surface area contributed by atoms with Crippen LogP contribution in [0.4, 0.5) is 11.4 Å². The van der Waals surface area contributed by atoms with Crippen LogP contribution >= 0.6 is 0 Å². The van der Waals surface area contributed by atoms with E-state index in [0.29, 0.717) is 12.3 Å². The molecule has 1 aliphatic rings. The second-order valence-corrected chi connectivity index (χ2v) is 6.88. The number of non-ortho nitro benzene ring substituents is 1. The van der Waals surface area contributed by atoms with Crippen LogP contribution in [0.2, 0.25) is 0 Å². The highest BCUT2D eigenvalue weighted by Crippen LogP contribution is 2.30. The Morgan fingerprint density at radius 3 is 2.70 bits per heavy atom. The maximum absolute atomic E-state index is 12.9. The van der Waals surface area contributed by atoms with E-state index in [1.807, 2.05) is 6.07 Å². The lowest BCUT2D eigenvalue weighted by Crippen LogP contribution is -2.33. The highest BCUT2D eigenvalue weighted by atomic mass is 32.2. The maximum Gasteiger partial charge on any atom is 0.270 e. The summed E-state index contributed by atoms with van der Waals surface area (Å²) in [6.07, 6.45) is 0. The number of sulfonamides is 1. The Hall–Kier alpha value is -2.45. The maximum atomic E-state index is 12.9. The molecule has 0 amide bonds. The van der Waals surface area contributed by atoms with Crippen molar-refractivity contribution in [3.05, 3.63) is 64.2 Å². The first-order chi connectivity index (χ1) is 11.0. The van der Waals surface area contributed by atoms with Gasteiger partial charge in [0.05, 0.1) is 35.3 Å². The molecule has 0 fully saturated rings. The zero-order valence-electron chi connectivity index (χ0n) is 12.1. The summed E-state index contributed by atoms with van der Waals surface area (Å²) >= 11 is 0. The van der Waals surface area contributed by atoms with Crippen LogP contribution in [0.1, 0.15) is 5.56 Å². The van der Waals surface area contributed by atoms with E-state index >= 15 is 0 Å². The van der Waals surface area contributed by atoms with Gasteiger partial charge >= 0.3 is 0 Å². The predicted molar refractivity (Wildman–Crippen MR) is 83.7 cm³/mol. The second kappa shape index (κ2) is 5.98. The molecule has 0 saturated heterocycles. The van der Waals surface area contributed by atoms with Gasteiger partial charge in [0, 0.05) is 17.7 Å². The van der Waals surface area contributed by atoms with E-state index in [1.54, 1.807) is 18.2 Å². The minimum absolute atomic E-state index is 0.108. The summed E-state index contributed by atoms with van der Waals surface area (Å²) in [5, 5.41) is 10.9. The van der Waals surface area contributed by atoms with Crippen LogP contribution in [0.25, 0.3) is 0 Å². The molecule has 8 heteroatoms. The first-order valence-electron chi connectivity index (χ1n) is 6.93. The van der Waals surface area contributed by atoms with Gasteiger partial charge in [-0.3, -0.25) is 14.4 Å². The molecule has 3 rings (SSSR count). The lowest BCUT2D eigenvalue weighted by atomic mass is 10.2. The number of benzene rings is 2. The molecule has 0 radical (unpaired) electrons. The zero-order chi connectivity index (χ0) is 16.4. The summed E-state index contributed by atoms with van der Waals surface area (Å²) in [4.78, 5) is 10.2. The molecule has 2 aromatic rings. The van der Waals surface area contributed by atoms with Crippen LogP contribution in [0, 0.1) is 10.1 Å². The van der Waals surface area contributed by atoms with Crippen LogP contribution in [-0.2, 0) is 21.4 Å². The van der Waals surface area contributed by atoms with E-state index in [-0.39, 0.29) is 23.7 Å². The third-order valence-electron chi connectivity index (χ3n) is 3.57. The number of nitro groups is 1. The number of hydrogen-bond donors (Lipinski definition) is 0. The van der Waals surface area contributed by atoms with E-state index in [0.717, 1.165) is 11.6 Å². The number of ether oxygens (including phenoxy) is 1. The van der Waals surface area contributed by atoms with Crippen molar-refractivity contribution in [1.82, 2.24) is 0 Å². The standard InChI is InChI=1S/C15H14N2O5S/c18-17(19)13-5-3-6-14(10-13)23(20,21)16-8-9-22-11-12-4-1-2-7-15(12)16/h1-7,10H,8-9,11H2. The monoisotopic (exact) mass is 334 g/mol. The van der Waals surface area contributed by atoms with Crippen molar-refractivity contribution in [3.8, 4) is 0 Å². The molecule has 7 nitrogen and oxygen atoms in total. The van der Waals surface area contributed by atoms with Crippen molar-refractivity contribution >= 4 is 21.4 Å². The van der Waals surface area contributed by atoms with Gasteiger partial charge in [0.2, 0.25) is 0 Å². The Labute approximate surface area is 133 Å². The number of fused-ring (bicyclic) bond motifs is 1. The van der Waals surface area contributed by atoms with Crippen molar-refractivity contribution in [2.45, 2.75) is 11.5 Å². The van der Waals surface area contributed by atoms with Crippen LogP contribution < -0.4 is 4.31 Å². The van der Waals surface area contributed by atoms with Gasteiger partial charge in [0.25, 0.3) is 15.7 Å². The summed E-state index contributed by atoms with van der Waals surface area (Å²) in [5.41, 5.74) is 1.04. The van der Waals surface area contributed by atoms with Crippen LogP contribution in [0.5, 0.6) is 0 Å². The Morgan fingerprint density at radius 1 is 1.13 bits per heavy atom. The van der Waals surface area contributed by atoms with Gasteiger partial charge in [-0.05, 0) is 12.1 Å². The molecular weight excluding hydrogens is 320 g/mol. The summed E-state index contributed by atoms with van der Waals surface area (Å²) in [6, 6.07) is 12.1. The van der Waals surface area contributed by atoms with E-state index in [2.05, 4.69) is 0 Å². The molecule has 1 heterocycles. The smallest absolute Gasteiger partial charge is 0.270 e. The Bertz CT molecular complexity index is 850. The molecule has 0 atom stereocenters. The predicted octanol–water partition coefficient (Wildman–Crippen LogP) is 2.32. The molecule has 0 aromatic heterocycles. The average molecular weight is 334 g/mol. The molecule has 0 N–H and O–H groups in total. The minimum atomic E-state index is -3.91. The Balaban J connectivity index is 2.09. The molecule has 1 aliphatic heterocycles. The number of nitrogens with zero attached hydrogens (tertiary/aromatic N) is 2. The van der Waals surface area contributed by atoms with E-state index in [9.17, 15) is 18.5 Å². The van der Waals surface area contributed by atoms with Crippen LogP contribution in [0.3, 0.4) is 0 Å². The fourth-order valence-corrected chi connectivity index (χ4v) is 3.99. The van der Waals surface area contributed by atoms with E-state index < -0.39 is 14.9 Å². The number of hydrogen-bond acceptors (Lipinski definition) is 5. The zero-order valence-corrected chi connectivity index (χ0v) is 12.9. The number of anilines is 1. The largest absolute Gasteiger partial charge is 0.375 e. The third kappa shape index (κ3) is 2.90. The molecule has 0 unspecified atom stereocenters. The topological polar surface area (TPSA) is 89.8 Å². The minimum Gasteiger partial charge on any atom is -0.375 e. The highest BCUT2D eigenvalue weighted by Gasteiger charge is 2.29. The first kappa shape index (κ1) is 15.4. The van der Waals surface area contributed by atoms with Gasteiger partial charge in [-0.2, -0.15) is 0 Å². The number of nitro benzene ring substituents is 1. The molecule has 0 aliphatic carbocycles. The second-order valence-electron chi connectivity index (χ2n) is 5.01. The Kier molecular flexibility index (Phi) is 4.01. The van der Waals surface area contributed by atoms with Gasteiger partial charge in [0.1, 0.15) is 0 Å². The summed E-state index contributed by atoms with van der Waals surface area (Å²) in [7, 11) is -3.91. The molecule has 0 saturated carbocycles. The summed E-state index contributed by atoms with van der Waals surface area (Å²) in [6.45, 7) is 0.738. The van der Waals surface area contributed by atoms with Crippen molar-refractivity contribution in [3.63, 3.8) is 0 Å².